The minimum Gasteiger partial charge on any atom is -0.467 e. The number of methoxy groups -OCH3 is 1. The smallest absolute Gasteiger partial charge is 0.337 e. The van der Waals surface area contributed by atoms with Gasteiger partial charge >= 0.3 is 5.97 Å². The fraction of sp³-hybridized carbons (Fsp3) is 0.136. The molecule has 2 aromatic carbocycles. The SMILES string of the molecule is COC(=O)c1ccc(CSc2nc3ccccc3c(=O)n2Cc2ccco2)cc1. The largest absolute Gasteiger partial charge is 0.467 e. The molecular weight excluding hydrogens is 388 g/mol. The summed E-state index contributed by atoms with van der Waals surface area (Å²) < 4.78 is 11.8. The van der Waals surface area contributed by atoms with Crippen molar-refractivity contribution in [3.8, 4) is 0 Å². The molecule has 4 rings (SSSR count). The summed E-state index contributed by atoms with van der Waals surface area (Å²) in [6.45, 7) is 0.313. The van der Waals surface area contributed by atoms with E-state index < -0.39 is 0 Å². The summed E-state index contributed by atoms with van der Waals surface area (Å²) in [5.74, 6) is 0.922. The maximum atomic E-state index is 13.1. The lowest BCUT2D eigenvalue weighted by molar-refractivity contribution is 0.0600. The summed E-state index contributed by atoms with van der Waals surface area (Å²) >= 11 is 1.47. The highest BCUT2D eigenvalue weighted by Gasteiger charge is 2.13. The maximum absolute atomic E-state index is 13.1. The molecule has 0 saturated carbocycles. The summed E-state index contributed by atoms with van der Waals surface area (Å²) in [6.07, 6.45) is 1.59. The standard InChI is InChI=1S/C22H18N2O4S/c1-27-21(26)16-10-8-15(9-11-16)14-29-22-23-19-7-3-2-6-18(19)20(25)24(22)13-17-5-4-12-28-17/h2-12H,13-14H2,1H3. The zero-order valence-corrected chi connectivity index (χ0v) is 16.5. The molecule has 0 spiro atoms. The number of carbonyl (C=O) groups excluding carboxylic acids is 1. The Bertz CT molecular complexity index is 1200. The Hall–Kier alpha value is -3.32. The third-order valence-electron chi connectivity index (χ3n) is 4.46. The second kappa shape index (κ2) is 8.36. The molecule has 6 nitrogen and oxygen atoms in total. The molecule has 4 aromatic rings. The molecule has 0 unspecified atom stereocenters. The van der Waals surface area contributed by atoms with Crippen LogP contribution in [0.5, 0.6) is 0 Å². The molecule has 0 atom stereocenters. The van der Waals surface area contributed by atoms with Crippen molar-refractivity contribution in [1.29, 1.82) is 0 Å². The number of ether oxygens (including phenoxy) is 1. The van der Waals surface area contributed by atoms with Gasteiger partial charge in [0.25, 0.3) is 5.56 Å². The summed E-state index contributed by atoms with van der Waals surface area (Å²) in [6, 6.07) is 18.1. The highest BCUT2D eigenvalue weighted by Crippen LogP contribution is 2.23. The van der Waals surface area contributed by atoms with E-state index in [-0.39, 0.29) is 11.5 Å². The van der Waals surface area contributed by atoms with Crippen molar-refractivity contribution >= 4 is 28.6 Å². The molecule has 146 valence electrons. The fourth-order valence-corrected chi connectivity index (χ4v) is 3.91. The number of furan rings is 1. The monoisotopic (exact) mass is 406 g/mol. The fourth-order valence-electron chi connectivity index (χ4n) is 2.96. The van der Waals surface area contributed by atoms with Gasteiger partial charge in [-0.3, -0.25) is 9.36 Å². The minimum absolute atomic E-state index is 0.101. The molecule has 2 heterocycles. The normalized spacial score (nSPS) is 10.9. The van der Waals surface area contributed by atoms with Crippen LogP contribution >= 0.6 is 11.8 Å². The van der Waals surface area contributed by atoms with Gasteiger partial charge in [0, 0.05) is 5.75 Å². The van der Waals surface area contributed by atoms with Crippen LogP contribution in [0.2, 0.25) is 0 Å². The molecule has 0 N–H and O–H groups in total. The number of carbonyl (C=O) groups is 1. The molecule has 0 fully saturated rings. The van der Waals surface area contributed by atoms with Crippen LogP contribution < -0.4 is 5.56 Å². The number of thioether (sulfide) groups is 1. The Morgan fingerprint density at radius 1 is 1.10 bits per heavy atom. The van der Waals surface area contributed by atoms with Crippen molar-refractivity contribution in [2.75, 3.05) is 7.11 Å². The van der Waals surface area contributed by atoms with Gasteiger partial charge in [0.1, 0.15) is 5.76 Å². The van der Waals surface area contributed by atoms with Gasteiger partial charge in [-0.25, -0.2) is 9.78 Å². The van der Waals surface area contributed by atoms with Crippen molar-refractivity contribution in [3.05, 3.63) is 94.2 Å². The van der Waals surface area contributed by atoms with E-state index in [4.69, 9.17) is 14.1 Å². The summed E-state index contributed by atoms with van der Waals surface area (Å²) in [5, 5.41) is 1.19. The molecular formula is C22H18N2O4S. The quantitative estimate of drug-likeness (QED) is 0.272. The van der Waals surface area contributed by atoms with Gasteiger partial charge in [-0.05, 0) is 42.0 Å². The predicted octanol–water partition coefficient (Wildman–Crippen LogP) is 4.12. The molecule has 29 heavy (non-hydrogen) atoms. The zero-order valence-electron chi connectivity index (χ0n) is 15.7. The van der Waals surface area contributed by atoms with Crippen LogP contribution in [0.1, 0.15) is 21.7 Å². The molecule has 0 radical (unpaired) electrons. The second-order valence-electron chi connectivity index (χ2n) is 6.36. The van der Waals surface area contributed by atoms with Crippen LogP contribution in [-0.2, 0) is 17.0 Å². The average Bonchev–Trinajstić information content (AvgIpc) is 3.27. The van der Waals surface area contributed by atoms with E-state index in [1.54, 1.807) is 35.1 Å². The van der Waals surface area contributed by atoms with Crippen LogP contribution in [0, 0.1) is 0 Å². The first kappa shape index (κ1) is 19.0. The first-order valence-electron chi connectivity index (χ1n) is 8.98. The van der Waals surface area contributed by atoms with E-state index in [1.807, 2.05) is 36.4 Å². The number of fused-ring (bicyclic) bond motifs is 1. The lowest BCUT2D eigenvalue weighted by Gasteiger charge is -2.12. The van der Waals surface area contributed by atoms with E-state index in [2.05, 4.69) is 0 Å². The molecule has 2 aromatic heterocycles. The number of hydrogen-bond acceptors (Lipinski definition) is 6. The van der Waals surface area contributed by atoms with Gasteiger partial charge in [-0.2, -0.15) is 0 Å². The highest BCUT2D eigenvalue weighted by molar-refractivity contribution is 7.98. The average molecular weight is 406 g/mol. The third kappa shape index (κ3) is 4.09. The van der Waals surface area contributed by atoms with E-state index in [9.17, 15) is 9.59 Å². The Morgan fingerprint density at radius 2 is 1.90 bits per heavy atom. The molecule has 0 aliphatic rings. The second-order valence-corrected chi connectivity index (χ2v) is 7.30. The van der Waals surface area contributed by atoms with Crippen LogP contribution in [0.3, 0.4) is 0 Å². The number of benzene rings is 2. The van der Waals surface area contributed by atoms with Gasteiger partial charge in [0.15, 0.2) is 5.16 Å². The first-order valence-corrected chi connectivity index (χ1v) is 9.96. The topological polar surface area (TPSA) is 74.3 Å². The van der Waals surface area contributed by atoms with Crippen molar-refractivity contribution in [1.82, 2.24) is 9.55 Å². The van der Waals surface area contributed by atoms with Gasteiger partial charge in [-0.15, -0.1) is 0 Å². The highest BCUT2D eigenvalue weighted by atomic mass is 32.2. The van der Waals surface area contributed by atoms with E-state index in [0.717, 1.165) is 5.56 Å². The van der Waals surface area contributed by atoms with E-state index in [0.29, 0.717) is 39.7 Å². The minimum atomic E-state index is -0.368. The molecule has 0 bridgehead atoms. The third-order valence-corrected chi connectivity index (χ3v) is 5.51. The van der Waals surface area contributed by atoms with Crippen LogP contribution in [0.4, 0.5) is 0 Å². The maximum Gasteiger partial charge on any atom is 0.337 e. The Balaban J connectivity index is 1.65. The van der Waals surface area contributed by atoms with Crippen molar-refractivity contribution in [3.63, 3.8) is 0 Å². The number of rotatable bonds is 6. The Labute approximate surface area is 171 Å². The first-order chi connectivity index (χ1) is 14.2. The number of aromatic nitrogens is 2. The summed E-state index contributed by atoms with van der Waals surface area (Å²) in [4.78, 5) is 29.3. The van der Waals surface area contributed by atoms with Crippen LogP contribution in [0.15, 0.2) is 81.3 Å². The van der Waals surface area contributed by atoms with Crippen molar-refractivity contribution in [2.45, 2.75) is 17.5 Å². The van der Waals surface area contributed by atoms with E-state index in [1.165, 1.54) is 18.9 Å². The molecule has 7 heteroatoms. The lowest BCUT2D eigenvalue weighted by atomic mass is 10.1. The molecule has 0 amide bonds. The van der Waals surface area contributed by atoms with Gasteiger partial charge in [0.05, 0.1) is 36.4 Å². The van der Waals surface area contributed by atoms with Crippen molar-refractivity contribution in [2.24, 2.45) is 0 Å². The van der Waals surface area contributed by atoms with Gasteiger partial charge < -0.3 is 9.15 Å². The molecule has 0 aliphatic heterocycles. The van der Waals surface area contributed by atoms with Crippen molar-refractivity contribution < 1.29 is 13.9 Å². The molecule has 0 aliphatic carbocycles. The Kier molecular flexibility index (Phi) is 5.48. The van der Waals surface area contributed by atoms with Gasteiger partial charge in [0.2, 0.25) is 0 Å². The number of nitrogens with zero attached hydrogens (tertiary/aromatic N) is 2. The Morgan fingerprint density at radius 3 is 2.62 bits per heavy atom. The number of para-hydroxylation sites is 1. The van der Waals surface area contributed by atoms with Crippen LogP contribution in [-0.4, -0.2) is 22.6 Å². The summed E-state index contributed by atoms with van der Waals surface area (Å²) in [7, 11) is 1.36. The lowest BCUT2D eigenvalue weighted by Crippen LogP contribution is -2.23. The van der Waals surface area contributed by atoms with Gasteiger partial charge in [-0.1, -0.05) is 36.0 Å². The number of esters is 1. The van der Waals surface area contributed by atoms with E-state index >= 15 is 0 Å². The van der Waals surface area contributed by atoms with Crippen LogP contribution in [0.25, 0.3) is 10.9 Å². The zero-order chi connectivity index (χ0) is 20.2. The molecule has 0 saturated heterocycles. The summed E-state index contributed by atoms with van der Waals surface area (Å²) in [5.41, 5.74) is 2.07. The predicted molar refractivity (Wildman–Crippen MR) is 111 cm³/mol. The number of hydrogen-bond donors (Lipinski definition) is 0.